The number of nitrogens with one attached hydrogen (secondary N) is 2. The van der Waals surface area contributed by atoms with E-state index in [9.17, 15) is 9.18 Å². The maximum atomic E-state index is 13.7. The molecule has 3 aromatic rings. The Morgan fingerprint density at radius 3 is 2.59 bits per heavy atom. The minimum Gasteiger partial charge on any atom is -0.397 e. The number of pyridine rings is 1. The number of carbonyl (C=O) groups excluding carboxylic acids is 1. The van der Waals surface area contributed by atoms with Crippen molar-refractivity contribution in [3.63, 3.8) is 0 Å². The van der Waals surface area contributed by atoms with Crippen molar-refractivity contribution in [2.24, 2.45) is 0 Å². The number of rotatable bonds is 12. The molecule has 1 amide bonds. The van der Waals surface area contributed by atoms with Crippen molar-refractivity contribution in [3.8, 4) is 0 Å². The zero-order chi connectivity index (χ0) is 26.0. The summed E-state index contributed by atoms with van der Waals surface area (Å²) in [4.78, 5) is 21.6. The first-order valence-corrected chi connectivity index (χ1v) is 12.8. The molecule has 37 heavy (non-hydrogen) atoms. The predicted octanol–water partition coefficient (Wildman–Crippen LogP) is 5.32. The molecule has 7 nitrogen and oxygen atoms in total. The second-order valence-electron chi connectivity index (χ2n) is 9.35. The number of hydrogen-bond acceptors (Lipinski definition) is 6. The summed E-state index contributed by atoms with van der Waals surface area (Å²) in [6.45, 7) is 9.07. The number of nitrogen functional groups attached to an aromatic ring is 1. The van der Waals surface area contributed by atoms with E-state index in [2.05, 4.69) is 32.0 Å². The number of halogens is 1. The van der Waals surface area contributed by atoms with Crippen molar-refractivity contribution in [2.45, 2.75) is 32.2 Å². The lowest BCUT2D eigenvalue weighted by molar-refractivity contribution is 0.102. The fourth-order valence-electron chi connectivity index (χ4n) is 4.44. The highest BCUT2D eigenvalue weighted by Crippen LogP contribution is 2.19. The van der Waals surface area contributed by atoms with Gasteiger partial charge < -0.3 is 26.2 Å². The second kappa shape index (κ2) is 12.9. The van der Waals surface area contributed by atoms with E-state index in [0.717, 1.165) is 31.5 Å². The van der Waals surface area contributed by atoms with Gasteiger partial charge in [0.1, 0.15) is 11.5 Å². The molecule has 0 aliphatic carbocycles. The summed E-state index contributed by atoms with van der Waals surface area (Å²) in [6, 6.07) is 17.1. The van der Waals surface area contributed by atoms with Crippen LogP contribution in [0.15, 0.2) is 79.3 Å². The molecule has 1 fully saturated rings. The van der Waals surface area contributed by atoms with Gasteiger partial charge in [0.25, 0.3) is 5.91 Å². The van der Waals surface area contributed by atoms with E-state index >= 15 is 0 Å². The Labute approximate surface area is 218 Å². The van der Waals surface area contributed by atoms with Gasteiger partial charge in [-0.25, -0.2) is 4.39 Å². The number of anilines is 3. The largest absolute Gasteiger partial charge is 0.397 e. The Kier molecular flexibility index (Phi) is 9.10. The number of para-hydroxylation sites is 2. The van der Waals surface area contributed by atoms with Crippen LogP contribution in [0.1, 0.15) is 41.7 Å². The van der Waals surface area contributed by atoms with Crippen LogP contribution >= 0.6 is 0 Å². The smallest absolute Gasteiger partial charge is 0.274 e. The van der Waals surface area contributed by atoms with Crippen molar-refractivity contribution in [2.75, 3.05) is 42.5 Å². The summed E-state index contributed by atoms with van der Waals surface area (Å²) >= 11 is 0. The molecule has 0 spiro atoms. The molecule has 0 radical (unpaired) electrons. The van der Waals surface area contributed by atoms with Crippen molar-refractivity contribution in [1.82, 2.24) is 14.8 Å². The van der Waals surface area contributed by atoms with E-state index in [0.29, 0.717) is 35.1 Å². The normalized spacial score (nSPS) is 13.3. The molecule has 1 aromatic heterocycles. The van der Waals surface area contributed by atoms with Gasteiger partial charge in [-0.3, -0.25) is 9.78 Å². The maximum absolute atomic E-state index is 13.7. The molecule has 2 aromatic carbocycles. The summed E-state index contributed by atoms with van der Waals surface area (Å²) in [7, 11) is 0. The highest BCUT2D eigenvalue weighted by molar-refractivity contribution is 6.04. The first kappa shape index (κ1) is 26.2. The van der Waals surface area contributed by atoms with Gasteiger partial charge in [-0.05, 0) is 87.3 Å². The average Bonchev–Trinajstić information content (AvgIpc) is 3.41. The molecule has 1 aliphatic heterocycles. The van der Waals surface area contributed by atoms with Gasteiger partial charge in [-0.1, -0.05) is 30.8 Å². The second-order valence-corrected chi connectivity index (χ2v) is 9.35. The van der Waals surface area contributed by atoms with Gasteiger partial charge in [0.15, 0.2) is 0 Å². The molecule has 4 rings (SSSR count). The lowest BCUT2D eigenvalue weighted by Gasteiger charge is -2.28. The van der Waals surface area contributed by atoms with Crippen LogP contribution in [-0.2, 0) is 6.54 Å². The Balaban J connectivity index is 1.38. The Bertz CT molecular complexity index is 1190. The van der Waals surface area contributed by atoms with E-state index in [-0.39, 0.29) is 11.7 Å². The van der Waals surface area contributed by atoms with Gasteiger partial charge in [-0.2, -0.15) is 0 Å². The van der Waals surface area contributed by atoms with Gasteiger partial charge >= 0.3 is 0 Å². The molecule has 0 unspecified atom stereocenters. The molecule has 4 N–H and O–H groups in total. The Hall–Kier alpha value is -3.91. The fourth-order valence-corrected chi connectivity index (χ4v) is 4.44. The van der Waals surface area contributed by atoms with Gasteiger partial charge in [-0.15, -0.1) is 0 Å². The van der Waals surface area contributed by atoms with E-state index < -0.39 is 0 Å². The first-order chi connectivity index (χ1) is 18.0. The third-order valence-corrected chi connectivity index (χ3v) is 6.49. The van der Waals surface area contributed by atoms with Crippen LogP contribution < -0.4 is 16.4 Å². The van der Waals surface area contributed by atoms with Crippen LogP contribution in [0.3, 0.4) is 0 Å². The molecule has 194 valence electrons. The van der Waals surface area contributed by atoms with Crippen LogP contribution in [0.4, 0.5) is 21.5 Å². The summed E-state index contributed by atoms with van der Waals surface area (Å²) < 4.78 is 13.7. The first-order valence-electron chi connectivity index (χ1n) is 12.8. The van der Waals surface area contributed by atoms with Crippen LogP contribution in [-0.4, -0.2) is 46.9 Å². The standard InChI is InChI=1S/C29H35FN6O/c1-22(33-25-10-8-9-24(30)19-25)36(18-7-6-17-35-15-4-5-16-35)21-23-13-14-28(32-20-23)29(37)34-27-12-3-2-11-26(27)31/h2-3,8-14,19-20,33H,1,4-7,15-18,21,31H2,(H,34,37). The maximum Gasteiger partial charge on any atom is 0.274 e. The van der Waals surface area contributed by atoms with E-state index in [1.165, 1.54) is 38.1 Å². The number of benzene rings is 2. The van der Waals surface area contributed by atoms with Crippen LogP contribution in [0.2, 0.25) is 0 Å². The van der Waals surface area contributed by atoms with Gasteiger partial charge in [0.2, 0.25) is 0 Å². The zero-order valence-corrected chi connectivity index (χ0v) is 21.1. The van der Waals surface area contributed by atoms with Gasteiger partial charge in [0, 0.05) is 25.0 Å². The molecule has 1 saturated heterocycles. The number of nitrogens with zero attached hydrogens (tertiary/aromatic N) is 3. The molecular weight excluding hydrogens is 467 g/mol. The molecule has 1 aliphatic rings. The van der Waals surface area contributed by atoms with E-state index in [4.69, 9.17) is 5.73 Å². The lowest BCUT2D eigenvalue weighted by atomic mass is 10.2. The molecule has 8 heteroatoms. The Morgan fingerprint density at radius 1 is 1.05 bits per heavy atom. The third kappa shape index (κ3) is 7.79. The fraction of sp³-hybridized carbons (Fsp3) is 0.310. The Morgan fingerprint density at radius 2 is 1.86 bits per heavy atom. The quantitative estimate of drug-likeness (QED) is 0.230. The number of aromatic nitrogens is 1. The monoisotopic (exact) mass is 502 g/mol. The number of amides is 1. The van der Waals surface area contributed by atoms with Crippen LogP contribution in [0.25, 0.3) is 0 Å². The molecule has 2 heterocycles. The zero-order valence-electron chi connectivity index (χ0n) is 21.1. The third-order valence-electron chi connectivity index (χ3n) is 6.49. The lowest BCUT2D eigenvalue weighted by Crippen LogP contribution is -2.28. The van der Waals surface area contributed by atoms with E-state index in [1.54, 1.807) is 30.5 Å². The van der Waals surface area contributed by atoms with Crippen molar-refractivity contribution in [3.05, 3.63) is 96.3 Å². The predicted molar refractivity (Wildman–Crippen MR) is 148 cm³/mol. The highest BCUT2D eigenvalue weighted by Gasteiger charge is 2.14. The summed E-state index contributed by atoms with van der Waals surface area (Å²) in [5.41, 5.74) is 8.87. The highest BCUT2D eigenvalue weighted by atomic mass is 19.1. The molecule has 0 saturated carbocycles. The van der Waals surface area contributed by atoms with Crippen molar-refractivity contribution >= 4 is 23.0 Å². The van der Waals surface area contributed by atoms with Crippen LogP contribution in [0, 0.1) is 5.82 Å². The average molecular weight is 503 g/mol. The van der Waals surface area contributed by atoms with Crippen molar-refractivity contribution < 1.29 is 9.18 Å². The number of nitrogens with two attached hydrogens (primary N) is 1. The summed E-state index contributed by atoms with van der Waals surface area (Å²) in [5, 5.41) is 6.03. The topological polar surface area (TPSA) is 86.5 Å². The minimum atomic E-state index is -0.319. The minimum absolute atomic E-state index is 0.301. The molecule has 0 bridgehead atoms. The summed E-state index contributed by atoms with van der Waals surface area (Å²) in [6.07, 6.45) is 6.40. The van der Waals surface area contributed by atoms with Crippen molar-refractivity contribution in [1.29, 1.82) is 0 Å². The number of hydrogen-bond donors (Lipinski definition) is 3. The summed E-state index contributed by atoms with van der Waals surface area (Å²) in [5.74, 6) is 0.0684. The molecule has 0 atom stereocenters. The van der Waals surface area contributed by atoms with Crippen LogP contribution in [0.5, 0.6) is 0 Å². The van der Waals surface area contributed by atoms with Gasteiger partial charge in [0.05, 0.1) is 17.2 Å². The van der Waals surface area contributed by atoms with E-state index in [1.807, 2.05) is 24.3 Å². The molecular formula is C29H35FN6O. The SMILES string of the molecule is C=C(Nc1cccc(F)c1)N(CCCCN1CCCC1)Cc1ccc(C(=O)Nc2ccccc2N)nc1. The number of likely N-dealkylation sites (tertiary alicyclic amines) is 1. The number of carbonyl (C=O) groups is 1. The number of unbranched alkanes of at least 4 members (excludes halogenated alkanes) is 1.